The van der Waals surface area contributed by atoms with E-state index >= 15 is 0 Å². The molecule has 98 valence electrons. The molecule has 2 atom stereocenters. The summed E-state index contributed by atoms with van der Waals surface area (Å²) < 4.78 is 5.26. The van der Waals surface area contributed by atoms with Crippen molar-refractivity contribution in [2.45, 2.75) is 45.7 Å². The lowest BCUT2D eigenvalue weighted by molar-refractivity contribution is -0.149. The van der Waals surface area contributed by atoms with Gasteiger partial charge in [-0.1, -0.05) is 13.3 Å². The monoisotopic (exact) mass is 242 g/mol. The van der Waals surface area contributed by atoms with Crippen LogP contribution in [0, 0.1) is 0 Å². The van der Waals surface area contributed by atoms with Crippen molar-refractivity contribution in [2.24, 2.45) is 0 Å². The zero-order valence-electron chi connectivity index (χ0n) is 10.9. The number of carbonyl (C=O) groups excluding carboxylic acids is 2. The Balaban J connectivity index is 2.68. The fourth-order valence-electron chi connectivity index (χ4n) is 2.05. The minimum absolute atomic E-state index is 0.0113. The maximum Gasteiger partial charge on any atom is 0.245 e. The molecule has 17 heavy (non-hydrogen) atoms. The number of nitrogens with zero attached hydrogens (tertiary/aromatic N) is 1. The molecular weight excluding hydrogens is 220 g/mol. The van der Waals surface area contributed by atoms with Gasteiger partial charge in [0.1, 0.15) is 12.1 Å². The highest BCUT2D eigenvalue weighted by molar-refractivity contribution is 5.96. The van der Waals surface area contributed by atoms with Gasteiger partial charge in [0, 0.05) is 13.2 Å². The summed E-state index contributed by atoms with van der Waals surface area (Å²) in [4.78, 5) is 25.5. The average Bonchev–Trinajstić information content (AvgIpc) is 2.30. The first kappa shape index (κ1) is 14.0. The van der Waals surface area contributed by atoms with Gasteiger partial charge in [0.05, 0.1) is 6.61 Å². The lowest BCUT2D eigenvalue weighted by Gasteiger charge is -2.37. The van der Waals surface area contributed by atoms with Crippen LogP contribution < -0.4 is 5.32 Å². The second-order valence-electron chi connectivity index (χ2n) is 4.26. The van der Waals surface area contributed by atoms with Crippen LogP contribution in [0.1, 0.15) is 33.6 Å². The Bertz CT molecular complexity index is 281. The first-order valence-electron chi connectivity index (χ1n) is 6.30. The van der Waals surface area contributed by atoms with Gasteiger partial charge in [0.15, 0.2) is 0 Å². The van der Waals surface area contributed by atoms with E-state index in [1.54, 1.807) is 11.8 Å². The quantitative estimate of drug-likeness (QED) is 0.692. The van der Waals surface area contributed by atoms with Crippen LogP contribution in [0.3, 0.4) is 0 Å². The molecule has 0 spiro atoms. The van der Waals surface area contributed by atoms with Crippen molar-refractivity contribution in [2.75, 3.05) is 19.8 Å². The van der Waals surface area contributed by atoms with Gasteiger partial charge >= 0.3 is 0 Å². The third-order valence-electron chi connectivity index (χ3n) is 2.93. The van der Waals surface area contributed by atoms with Crippen LogP contribution in [0.25, 0.3) is 0 Å². The highest BCUT2D eigenvalue weighted by Gasteiger charge is 2.37. The summed E-state index contributed by atoms with van der Waals surface area (Å²) in [6, 6.07) is -0.749. The topological polar surface area (TPSA) is 58.6 Å². The van der Waals surface area contributed by atoms with Crippen LogP contribution in [-0.2, 0) is 14.3 Å². The van der Waals surface area contributed by atoms with Crippen molar-refractivity contribution in [3.05, 3.63) is 0 Å². The number of ether oxygens (including phenoxy) is 1. The van der Waals surface area contributed by atoms with Gasteiger partial charge in [-0.05, 0) is 20.3 Å². The largest absolute Gasteiger partial charge is 0.380 e. The molecule has 0 aliphatic carbocycles. The molecule has 0 bridgehead atoms. The lowest BCUT2D eigenvalue weighted by atomic mass is 10.0. The van der Waals surface area contributed by atoms with Crippen molar-refractivity contribution < 1.29 is 14.3 Å². The Morgan fingerprint density at radius 1 is 1.35 bits per heavy atom. The van der Waals surface area contributed by atoms with Crippen LogP contribution in [0.2, 0.25) is 0 Å². The number of hydrogen-bond acceptors (Lipinski definition) is 3. The van der Waals surface area contributed by atoms with Gasteiger partial charge in [0.25, 0.3) is 0 Å². The zero-order valence-corrected chi connectivity index (χ0v) is 10.9. The summed E-state index contributed by atoms with van der Waals surface area (Å²) in [5.41, 5.74) is 0. The number of amides is 2. The van der Waals surface area contributed by atoms with Crippen molar-refractivity contribution >= 4 is 11.8 Å². The van der Waals surface area contributed by atoms with E-state index in [4.69, 9.17) is 4.74 Å². The second kappa shape index (κ2) is 6.59. The summed E-state index contributed by atoms with van der Waals surface area (Å²) in [5.74, 6) is -0.0572. The van der Waals surface area contributed by atoms with E-state index in [0.717, 1.165) is 6.42 Å². The van der Waals surface area contributed by atoms with E-state index in [-0.39, 0.29) is 17.9 Å². The molecule has 1 aliphatic rings. The van der Waals surface area contributed by atoms with Crippen molar-refractivity contribution in [1.82, 2.24) is 10.2 Å². The summed E-state index contributed by atoms with van der Waals surface area (Å²) in [7, 11) is 0. The number of rotatable bonds is 6. The fourth-order valence-corrected chi connectivity index (χ4v) is 2.05. The molecule has 1 rings (SSSR count). The Hall–Kier alpha value is -1.10. The predicted molar refractivity (Wildman–Crippen MR) is 64.5 cm³/mol. The fraction of sp³-hybridized carbons (Fsp3) is 0.833. The molecular formula is C12H22N2O3. The molecule has 1 N–H and O–H groups in total. The molecule has 0 aromatic rings. The average molecular weight is 242 g/mol. The van der Waals surface area contributed by atoms with Gasteiger partial charge in [-0.15, -0.1) is 0 Å². The van der Waals surface area contributed by atoms with Crippen LogP contribution in [0.5, 0.6) is 0 Å². The maximum absolute atomic E-state index is 12.0. The highest BCUT2D eigenvalue weighted by Crippen LogP contribution is 2.14. The van der Waals surface area contributed by atoms with Crippen molar-refractivity contribution in [1.29, 1.82) is 0 Å². The molecule has 2 unspecified atom stereocenters. The summed E-state index contributed by atoms with van der Waals surface area (Å²) in [6.45, 7) is 7.25. The third-order valence-corrected chi connectivity index (χ3v) is 2.93. The Labute approximate surface area is 102 Å². The second-order valence-corrected chi connectivity index (χ2v) is 4.26. The minimum Gasteiger partial charge on any atom is -0.380 e. The Morgan fingerprint density at radius 2 is 2.06 bits per heavy atom. The molecule has 5 heteroatoms. The molecule has 1 aliphatic heterocycles. The Morgan fingerprint density at radius 3 is 2.65 bits per heavy atom. The van der Waals surface area contributed by atoms with Gasteiger partial charge in [-0.3, -0.25) is 9.59 Å². The van der Waals surface area contributed by atoms with E-state index in [2.05, 4.69) is 5.32 Å². The van der Waals surface area contributed by atoms with E-state index in [1.807, 2.05) is 13.8 Å². The molecule has 0 aromatic heterocycles. The van der Waals surface area contributed by atoms with Crippen LogP contribution in [-0.4, -0.2) is 48.6 Å². The van der Waals surface area contributed by atoms with Crippen molar-refractivity contribution in [3.8, 4) is 0 Å². The van der Waals surface area contributed by atoms with Crippen LogP contribution in [0.15, 0.2) is 0 Å². The molecule has 0 radical (unpaired) electrons. The number of hydrogen-bond donors (Lipinski definition) is 1. The van der Waals surface area contributed by atoms with Crippen LogP contribution in [0.4, 0.5) is 0 Å². The zero-order chi connectivity index (χ0) is 12.8. The SMILES string of the molecule is CCCC1C(=O)NC(C)C(=O)N1CCOCC. The molecule has 1 fully saturated rings. The third kappa shape index (κ3) is 3.43. The molecule has 0 aromatic carbocycles. The predicted octanol–water partition coefficient (Wildman–Crippen LogP) is 0.539. The molecule has 0 saturated carbocycles. The number of nitrogens with one attached hydrogen (secondary N) is 1. The summed E-state index contributed by atoms with van der Waals surface area (Å²) >= 11 is 0. The minimum atomic E-state index is -0.419. The Kier molecular flexibility index (Phi) is 5.41. The van der Waals surface area contributed by atoms with E-state index in [9.17, 15) is 9.59 Å². The number of carbonyl (C=O) groups is 2. The van der Waals surface area contributed by atoms with Gasteiger partial charge in [-0.25, -0.2) is 0 Å². The smallest absolute Gasteiger partial charge is 0.245 e. The first-order valence-corrected chi connectivity index (χ1v) is 6.30. The van der Waals surface area contributed by atoms with E-state index in [0.29, 0.717) is 26.2 Å². The van der Waals surface area contributed by atoms with Gasteiger partial charge in [0.2, 0.25) is 11.8 Å². The van der Waals surface area contributed by atoms with Crippen LogP contribution >= 0.6 is 0 Å². The molecule has 5 nitrogen and oxygen atoms in total. The number of piperazine rings is 1. The maximum atomic E-state index is 12.0. The van der Waals surface area contributed by atoms with Crippen molar-refractivity contribution in [3.63, 3.8) is 0 Å². The summed E-state index contributed by atoms with van der Waals surface area (Å²) in [6.07, 6.45) is 1.58. The molecule has 1 heterocycles. The van der Waals surface area contributed by atoms with Gasteiger partial charge in [-0.2, -0.15) is 0 Å². The van der Waals surface area contributed by atoms with E-state index in [1.165, 1.54) is 0 Å². The molecule has 2 amide bonds. The van der Waals surface area contributed by atoms with Gasteiger partial charge < -0.3 is 15.0 Å². The summed E-state index contributed by atoms with van der Waals surface area (Å²) in [5, 5.41) is 2.71. The first-order chi connectivity index (χ1) is 8.11. The molecule has 1 saturated heterocycles. The van der Waals surface area contributed by atoms with E-state index < -0.39 is 6.04 Å². The lowest BCUT2D eigenvalue weighted by Crippen LogP contribution is -2.62. The normalized spacial score (nSPS) is 25.0. The standard InChI is InChI=1S/C12H22N2O3/c1-4-6-10-11(15)13-9(3)12(16)14(10)7-8-17-5-2/h9-10H,4-8H2,1-3H3,(H,13,15). The highest BCUT2D eigenvalue weighted by atomic mass is 16.5.